The fourth-order valence-electron chi connectivity index (χ4n) is 0. The molecule has 7 N–H and O–H groups in total. The molecule has 224 valence electrons. The third kappa shape index (κ3) is 2530. The maximum Gasteiger partial charge on any atom is 1.00 e. The standard InChI is InChI=1S/7Na.7H2O4S/c;;;;;;;7*1-5(2,3)4/h;;;;;;;7*(H2,1,2,3,4)/q7*+1;;;;;;;/p-7. The van der Waals surface area contributed by atoms with Gasteiger partial charge < -0.3 is 31.9 Å². The molecule has 0 atom stereocenters. The first-order valence-electron chi connectivity index (χ1n) is 4.78. The Labute approximate surface area is 394 Å². The maximum atomic E-state index is 8.63. The number of rotatable bonds is 0. The zero-order chi connectivity index (χ0) is 31.5. The first-order chi connectivity index (χ1) is 14.0. The molecule has 0 saturated heterocycles. The van der Waals surface area contributed by atoms with Crippen molar-refractivity contribution in [1.29, 1.82) is 0 Å². The van der Waals surface area contributed by atoms with Crippen LogP contribution >= 0.6 is 0 Å². The van der Waals surface area contributed by atoms with Crippen molar-refractivity contribution in [2.45, 2.75) is 0 Å². The average molecular weight is 840 g/mol. The molecule has 0 bridgehead atoms. The monoisotopic (exact) mass is 840 g/mol. The van der Waals surface area contributed by atoms with E-state index in [9.17, 15) is 0 Å². The third-order valence-electron chi connectivity index (χ3n) is 0. The van der Waals surface area contributed by atoms with E-state index >= 15 is 0 Å². The van der Waals surface area contributed by atoms with Crippen LogP contribution in [0.3, 0.4) is 0 Å². The Hall–Kier alpha value is 6.09. The molecule has 0 aliphatic rings. The van der Waals surface area contributed by atoms with Crippen molar-refractivity contribution in [2.75, 3.05) is 0 Å². The Balaban J connectivity index is -0.0000000177. The molecular formula is H7Na7O28S7. The molecule has 0 aliphatic carbocycles. The van der Waals surface area contributed by atoms with Crippen LogP contribution in [0.5, 0.6) is 0 Å². The van der Waals surface area contributed by atoms with E-state index in [1.807, 2.05) is 0 Å². The summed E-state index contributed by atoms with van der Waals surface area (Å²) in [6.45, 7) is 0. The molecule has 0 radical (unpaired) electrons. The van der Waals surface area contributed by atoms with Crippen LogP contribution in [0.2, 0.25) is 0 Å². The van der Waals surface area contributed by atoms with Gasteiger partial charge in [-0.15, -0.1) is 0 Å². The molecule has 0 spiro atoms. The summed E-state index contributed by atoms with van der Waals surface area (Å²) in [5.41, 5.74) is 0. The summed E-state index contributed by atoms with van der Waals surface area (Å²) >= 11 is 0. The minimum Gasteiger partial charge on any atom is -0.726 e. The van der Waals surface area contributed by atoms with Gasteiger partial charge in [0.1, 0.15) is 0 Å². The Kier molecular flexibility index (Phi) is 94.5. The van der Waals surface area contributed by atoms with Crippen LogP contribution in [0.15, 0.2) is 0 Å². The summed E-state index contributed by atoms with van der Waals surface area (Å²) in [5, 5.41) is 0. The number of hydrogen-bond acceptors (Lipinski definition) is 21. The fraction of sp³-hybridized carbons (Fsp3) is 0. The minimum absolute atomic E-state index is 0. The molecule has 0 saturated carbocycles. The molecule has 0 aliphatic heterocycles. The van der Waals surface area contributed by atoms with Gasteiger partial charge in [0, 0.05) is 0 Å². The first-order valence-corrected chi connectivity index (χ1v) is 14.3. The maximum absolute atomic E-state index is 8.63. The second-order valence-electron chi connectivity index (χ2n) is 2.99. The van der Waals surface area contributed by atoms with E-state index in [0.29, 0.717) is 0 Å². The molecule has 0 rings (SSSR count). The SMILES string of the molecule is O=S(=O)([O-])O.O=S(=O)([O-])O.O=S(=O)([O-])O.O=S(=O)([O-])O.O=S(=O)([O-])O.O=S(=O)([O-])O.O=S(=O)([O-])O.[Na+].[Na+].[Na+].[Na+].[Na+].[Na+].[Na+]. The predicted octanol–water partition coefficient (Wildman–Crippen LogP) is -27.9. The average Bonchev–Trinajstić information content (AvgIpc) is 2.06. The van der Waals surface area contributed by atoms with Crippen molar-refractivity contribution >= 4 is 72.8 Å². The molecule has 0 aromatic rings. The van der Waals surface area contributed by atoms with Crippen LogP contribution in [0.1, 0.15) is 0 Å². The second kappa shape index (κ2) is 43.3. The Morgan fingerprint density at radius 1 is 0.214 bits per heavy atom. The van der Waals surface area contributed by atoms with Crippen LogP contribution in [0.4, 0.5) is 0 Å². The zero-order valence-corrected chi connectivity index (χ0v) is 41.3. The molecule has 28 nitrogen and oxygen atoms in total. The molecule has 42 heteroatoms. The van der Waals surface area contributed by atoms with Crippen LogP contribution in [0.25, 0.3) is 0 Å². The van der Waals surface area contributed by atoms with Crippen LogP contribution in [0, 0.1) is 0 Å². The van der Waals surface area contributed by atoms with Crippen LogP contribution in [-0.2, 0) is 72.8 Å². The van der Waals surface area contributed by atoms with Crippen molar-refractivity contribution in [1.82, 2.24) is 0 Å². The molecule has 42 heavy (non-hydrogen) atoms. The Morgan fingerprint density at radius 3 is 0.214 bits per heavy atom. The summed E-state index contributed by atoms with van der Waals surface area (Å²) in [5.74, 6) is 0. The van der Waals surface area contributed by atoms with E-state index in [1.54, 1.807) is 0 Å². The van der Waals surface area contributed by atoms with E-state index < -0.39 is 72.8 Å². The van der Waals surface area contributed by atoms with Crippen molar-refractivity contribution in [2.24, 2.45) is 0 Å². The smallest absolute Gasteiger partial charge is 0.726 e. The van der Waals surface area contributed by atoms with Gasteiger partial charge in [0.2, 0.25) is 72.8 Å². The van der Waals surface area contributed by atoms with E-state index in [1.165, 1.54) is 0 Å². The topological polar surface area (TPSA) is 542 Å². The van der Waals surface area contributed by atoms with Gasteiger partial charge in [-0.2, -0.15) is 0 Å². The minimum atomic E-state index is -4.92. The quantitative estimate of drug-likeness (QED) is 0.0676. The molecule has 0 aromatic heterocycles. The second-order valence-corrected chi connectivity index (χ2v) is 8.98. The molecular weight excluding hydrogens is 833 g/mol. The molecule has 0 unspecified atom stereocenters. The van der Waals surface area contributed by atoms with Gasteiger partial charge in [0.25, 0.3) is 0 Å². The van der Waals surface area contributed by atoms with Gasteiger partial charge >= 0.3 is 207 Å². The van der Waals surface area contributed by atoms with Gasteiger partial charge in [-0.3, -0.25) is 31.9 Å². The summed E-state index contributed by atoms with van der Waals surface area (Å²) in [6, 6.07) is 0. The number of hydrogen-bond donors (Lipinski definition) is 7. The summed E-state index contributed by atoms with van der Waals surface area (Å²) in [7, 11) is -34.4. The van der Waals surface area contributed by atoms with Crippen LogP contribution < -0.4 is 207 Å². The largest absolute Gasteiger partial charge is 1.00 e. The predicted molar refractivity (Wildman–Crippen MR) is 86.3 cm³/mol. The molecule has 0 aromatic carbocycles. The van der Waals surface area contributed by atoms with Crippen molar-refractivity contribution < 1.29 is 330 Å². The normalized spacial score (nSPS) is 9.67. The zero-order valence-electron chi connectivity index (χ0n) is 21.6. The Morgan fingerprint density at radius 2 is 0.214 bits per heavy atom. The Bertz CT molecular complexity index is 930. The van der Waals surface area contributed by atoms with E-state index in [0.717, 1.165) is 0 Å². The van der Waals surface area contributed by atoms with Gasteiger partial charge in [0.05, 0.1) is 0 Å². The van der Waals surface area contributed by atoms with Crippen LogP contribution in [-0.4, -0.2) is 123 Å². The summed E-state index contributed by atoms with van der Waals surface area (Å²) in [4.78, 5) is 0. The van der Waals surface area contributed by atoms with Crippen molar-refractivity contribution in [3.05, 3.63) is 0 Å². The van der Waals surface area contributed by atoms with E-state index in [2.05, 4.69) is 0 Å². The van der Waals surface area contributed by atoms with Gasteiger partial charge in [-0.1, -0.05) is 0 Å². The summed E-state index contributed by atoms with van der Waals surface area (Å²) in [6.07, 6.45) is 0. The van der Waals surface area contributed by atoms with E-state index in [-0.39, 0.29) is 207 Å². The van der Waals surface area contributed by atoms with Gasteiger partial charge in [-0.25, -0.2) is 58.9 Å². The third-order valence-corrected chi connectivity index (χ3v) is 0. The molecule has 0 fully saturated rings. The molecule has 0 heterocycles. The van der Waals surface area contributed by atoms with Gasteiger partial charge in [-0.05, 0) is 0 Å². The van der Waals surface area contributed by atoms with Gasteiger partial charge in [0.15, 0.2) is 0 Å². The first kappa shape index (κ1) is 91.8. The van der Waals surface area contributed by atoms with Crippen molar-refractivity contribution in [3.63, 3.8) is 0 Å². The fourth-order valence-corrected chi connectivity index (χ4v) is 0. The van der Waals surface area contributed by atoms with Crippen molar-refractivity contribution in [3.8, 4) is 0 Å². The van der Waals surface area contributed by atoms with E-state index in [4.69, 9.17) is 123 Å². The summed E-state index contributed by atoms with van der Waals surface area (Å²) < 4.78 is 230. The molecule has 0 amide bonds.